The third-order valence-corrected chi connectivity index (χ3v) is 5.97. The second-order valence-corrected chi connectivity index (χ2v) is 8.51. The molecular formula is C4H9NO3Zr. The van der Waals surface area contributed by atoms with Crippen molar-refractivity contribution in [3.63, 3.8) is 0 Å². The molecule has 0 heterocycles. The van der Waals surface area contributed by atoms with E-state index in [1.54, 1.807) is 0 Å². The van der Waals surface area contributed by atoms with Crippen molar-refractivity contribution in [1.29, 1.82) is 0 Å². The van der Waals surface area contributed by atoms with Gasteiger partial charge in [0.2, 0.25) is 0 Å². The second kappa shape index (κ2) is 3.32. The Morgan fingerprint density at radius 2 is 2.00 bits per heavy atom. The SMILES string of the molecule is C[C](=O)[Zr](=[O])(=[O])[CH2]CN. The van der Waals surface area contributed by atoms with E-state index in [2.05, 4.69) is 0 Å². The molecular weight excluding hydrogens is 201 g/mol. The molecule has 0 atom stereocenters. The zero-order valence-electron chi connectivity index (χ0n) is 5.22. The summed E-state index contributed by atoms with van der Waals surface area (Å²) in [4.78, 5) is 10.3. The molecule has 0 rings (SSSR count). The Kier molecular flexibility index (Phi) is 3.37. The molecule has 0 bridgehead atoms. The van der Waals surface area contributed by atoms with Crippen LogP contribution in [-0.2, 0) is 30.7 Å². The van der Waals surface area contributed by atoms with Crippen molar-refractivity contribution in [3.8, 4) is 0 Å². The Bertz CT molecular complexity index is 194. The number of rotatable bonds is 3. The van der Waals surface area contributed by atoms with Gasteiger partial charge in [-0.3, -0.25) is 0 Å². The minimum atomic E-state index is -4.73. The van der Waals surface area contributed by atoms with Crippen LogP contribution in [0.3, 0.4) is 0 Å². The van der Waals surface area contributed by atoms with Crippen LogP contribution < -0.4 is 5.73 Å². The first kappa shape index (κ1) is 9.11. The van der Waals surface area contributed by atoms with Crippen LogP contribution in [0.5, 0.6) is 0 Å². The van der Waals surface area contributed by atoms with Gasteiger partial charge in [-0.1, -0.05) is 0 Å². The van der Waals surface area contributed by atoms with Crippen LogP contribution in [0.2, 0.25) is 4.13 Å². The van der Waals surface area contributed by atoms with Crippen molar-refractivity contribution in [2.75, 3.05) is 6.54 Å². The van der Waals surface area contributed by atoms with E-state index in [0.29, 0.717) is 0 Å². The molecule has 0 aromatic carbocycles. The molecule has 9 heavy (non-hydrogen) atoms. The number of carbonyl (C=O) groups is 1. The molecule has 4 nitrogen and oxygen atoms in total. The first-order valence-electron chi connectivity index (χ1n) is 2.62. The summed E-state index contributed by atoms with van der Waals surface area (Å²) >= 11 is -4.73. The van der Waals surface area contributed by atoms with Crippen LogP contribution in [0.25, 0.3) is 0 Å². The van der Waals surface area contributed by atoms with Gasteiger partial charge in [-0.15, -0.1) is 0 Å². The standard InChI is InChI=1S/C2H6N.C2H3O.2O.Zr/c2*1-2-3;;;/h1-3H2;1H3;;;. The van der Waals surface area contributed by atoms with Gasteiger partial charge in [0.05, 0.1) is 0 Å². The van der Waals surface area contributed by atoms with Crippen molar-refractivity contribution in [2.45, 2.75) is 11.1 Å². The number of hydrogen-bond acceptors (Lipinski definition) is 4. The van der Waals surface area contributed by atoms with E-state index in [4.69, 9.17) is 5.73 Å². The quantitative estimate of drug-likeness (QED) is 0.697. The molecule has 52 valence electrons. The molecule has 0 spiro atoms. The molecule has 0 aromatic heterocycles. The van der Waals surface area contributed by atoms with Crippen molar-refractivity contribution in [2.24, 2.45) is 5.73 Å². The summed E-state index contributed by atoms with van der Waals surface area (Å²) in [5.41, 5.74) is 4.95. The summed E-state index contributed by atoms with van der Waals surface area (Å²) in [6.07, 6.45) is 0. The summed E-state index contributed by atoms with van der Waals surface area (Å²) in [5.74, 6) is 0. The van der Waals surface area contributed by atoms with Gasteiger partial charge < -0.3 is 0 Å². The van der Waals surface area contributed by atoms with E-state index in [9.17, 15) is 10.4 Å². The van der Waals surface area contributed by atoms with Crippen LogP contribution in [0.4, 0.5) is 0 Å². The van der Waals surface area contributed by atoms with Gasteiger partial charge in [0.1, 0.15) is 0 Å². The summed E-state index contributed by atoms with van der Waals surface area (Å²) in [5, 5.41) is 0. The van der Waals surface area contributed by atoms with Crippen LogP contribution in [0.15, 0.2) is 0 Å². The van der Waals surface area contributed by atoms with Gasteiger partial charge in [0, 0.05) is 0 Å². The first-order valence-corrected chi connectivity index (χ1v) is 7.60. The molecule has 0 fully saturated rings. The Morgan fingerprint density at radius 1 is 1.56 bits per heavy atom. The average molecular weight is 210 g/mol. The van der Waals surface area contributed by atoms with Crippen LogP contribution in [0, 0.1) is 0 Å². The van der Waals surface area contributed by atoms with Gasteiger partial charge in [0.25, 0.3) is 0 Å². The minimum absolute atomic E-state index is 0.0582. The van der Waals surface area contributed by atoms with Gasteiger partial charge >= 0.3 is 57.5 Å². The molecule has 0 unspecified atom stereocenters. The molecule has 0 aliphatic carbocycles. The summed E-state index contributed by atoms with van der Waals surface area (Å²) in [6, 6.07) is 0. The molecule has 0 saturated carbocycles. The fourth-order valence-corrected chi connectivity index (χ4v) is 2.17. The van der Waals surface area contributed by atoms with Gasteiger partial charge in [-0.05, 0) is 0 Å². The van der Waals surface area contributed by atoms with E-state index in [1.807, 2.05) is 0 Å². The molecule has 0 aliphatic heterocycles. The second-order valence-electron chi connectivity index (χ2n) is 1.85. The Hall–Kier alpha value is 0.113. The number of hydrogen-bond donors (Lipinski definition) is 1. The van der Waals surface area contributed by atoms with Crippen molar-refractivity contribution >= 4 is 3.49 Å². The summed E-state index contributed by atoms with van der Waals surface area (Å²) in [6.45, 7) is 1.13. The predicted molar refractivity (Wildman–Crippen MR) is 25.9 cm³/mol. The predicted octanol–water partition coefficient (Wildman–Crippen LogP) is -0.245. The van der Waals surface area contributed by atoms with Gasteiger partial charge in [0.15, 0.2) is 0 Å². The fourth-order valence-electron chi connectivity index (χ4n) is 0.366. The van der Waals surface area contributed by atoms with Crippen molar-refractivity contribution in [1.82, 2.24) is 0 Å². The van der Waals surface area contributed by atoms with Crippen LogP contribution in [0.1, 0.15) is 6.92 Å². The Labute approximate surface area is 57.7 Å². The van der Waals surface area contributed by atoms with Crippen molar-refractivity contribution in [3.05, 3.63) is 0 Å². The molecule has 5 heteroatoms. The monoisotopic (exact) mass is 209 g/mol. The van der Waals surface area contributed by atoms with Crippen LogP contribution >= 0.6 is 0 Å². The maximum absolute atomic E-state index is 10.6. The number of carbonyl (C=O) groups excluding carboxylic acids is 1. The van der Waals surface area contributed by atoms with E-state index in [1.165, 1.54) is 0 Å². The Morgan fingerprint density at radius 3 is 2.11 bits per heavy atom. The van der Waals surface area contributed by atoms with Crippen molar-refractivity contribution < 1.29 is 30.7 Å². The average Bonchev–Trinajstić information content (AvgIpc) is 1.65. The molecule has 0 aromatic rings. The Balaban J connectivity index is 4.23. The summed E-state index contributed by atoms with van der Waals surface area (Å²) < 4.78 is 20.4. The molecule has 0 saturated heterocycles. The van der Waals surface area contributed by atoms with Gasteiger partial charge in [-0.25, -0.2) is 0 Å². The van der Waals surface area contributed by atoms with Crippen LogP contribution in [-0.4, -0.2) is 10.0 Å². The van der Waals surface area contributed by atoms with E-state index in [-0.39, 0.29) is 10.7 Å². The van der Waals surface area contributed by atoms with E-state index in [0.717, 1.165) is 6.92 Å². The topological polar surface area (TPSA) is 77.2 Å². The number of nitrogens with two attached hydrogens (primary N) is 1. The first-order chi connectivity index (χ1) is 4.00. The molecule has 0 aliphatic rings. The summed E-state index contributed by atoms with van der Waals surface area (Å²) in [7, 11) is 0. The van der Waals surface area contributed by atoms with E-state index >= 15 is 0 Å². The third-order valence-electron chi connectivity index (χ3n) is 1.01. The zero-order chi connectivity index (χ0) is 7.49. The van der Waals surface area contributed by atoms with Gasteiger partial charge in [-0.2, -0.15) is 0 Å². The molecule has 0 radical (unpaired) electrons. The normalized spacial score (nSPS) is 9.56. The molecule has 2 N–H and O–H groups in total. The molecule has 0 amide bonds. The zero-order valence-corrected chi connectivity index (χ0v) is 7.67. The maximum atomic E-state index is 10.6. The fraction of sp³-hybridized carbons (Fsp3) is 0.750. The third kappa shape index (κ3) is 2.96. The van der Waals surface area contributed by atoms with E-state index < -0.39 is 23.8 Å².